The standard InChI is InChI=1S/C33H38O9/c1-8-37-31(34)28-27(21-10-11-24-25(14-21)41-16-40-24)22-12-17(3)18(4)13-23(22)30(29(28)32(35)38-9-2)42-33-20(6)19(5)26(36-7)15-39-33/h10-14,19-20,26,33H,8-9,15-16H2,1-7H3/t19-,20-,26-,33?/m1/s1. The molecule has 9 nitrogen and oxygen atoms in total. The molecule has 0 aromatic heterocycles. The van der Waals surface area contributed by atoms with Crippen molar-refractivity contribution in [3.8, 4) is 28.4 Å². The second kappa shape index (κ2) is 12.2. The maximum atomic E-state index is 13.9. The molecule has 9 heteroatoms. The number of benzene rings is 3. The topological polar surface area (TPSA) is 98.8 Å². The number of ether oxygens (including phenoxy) is 7. The zero-order valence-corrected chi connectivity index (χ0v) is 25.2. The molecule has 42 heavy (non-hydrogen) atoms. The van der Waals surface area contributed by atoms with Crippen LogP contribution in [0.1, 0.15) is 59.5 Å². The van der Waals surface area contributed by atoms with Gasteiger partial charge in [0.25, 0.3) is 0 Å². The molecule has 5 rings (SSSR count). The van der Waals surface area contributed by atoms with Gasteiger partial charge in [0.1, 0.15) is 11.3 Å². The van der Waals surface area contributed by atoms with E-state index in [1.807, 2.05) is 45.0 Å². The second-order valence-corrected chi connectivity index (χ2v) is 10.8. The summed E-state index contributed by atoms with van der Waals surface area (Å²) >= 11 is 0. The zero-order chi connectivity index (χ0) is 30.1. The van der Waals surface area contributed by atoms with Crippen molar-refractivity contribution in [1.82, 2.24) is 0 Å². The first-order chi connectivity index (χ1) is 20.2. The maximum absolute atomic E-state index is 13.9. The van der Waals surface area contributed by atoms with Gasteiger partial charge in [-0.1, -0.05) is 26.0 Å². The maximum Gasteiger partial charge on any atom is 0.342 e. The van der Waals surface area contributed by atoms with Crippen molar-refractivity contribution in [2.24, 2.45) is 11.8 Å². The summed E-state index contributed by atoms with van der Waals surface area (Å²) in [5, 5.41) is 1.37. The molecule has 1 saturated heterocycles. The monoisotopic (exact) mass is 578 g/mol. The van der Waals surface area contributed by atoms with E-state index in [1.54, 1.807) is 27.0 Å². The summed E-state index contributed by atoms with van der Waals surface area (Å²) in [5.74, 6) is 0.0488. The lowest BCUT2D eigenvalue weighted by atomic mass is 9.86. The third-order valence-corrected chi connectivity index (χ3v) is 8.30. The molecule has 0 spiro atoms. The van der Waals surface area contributed by atoms with Crippen LogP contribution in [0.5, 0.6) is 17.2 Å². The fraction of sp³-hybridized carbons (Fsp3) is 0.455. The molecule has 0 bridgehead atoms. The number of carbonyl (C=O) groups is 2. The van der Waals surface area contributed by atoms with Crippen LogP contribution in [-0.4, -0.2) is 58.1 Å². The van der Waals surface area contributed by atoms with Gasteiger partial charge in [-0.25, -0.2) is 9.59 Å². The molecule has 0 saturated carbocycles. The highest BCUT2D eigenvalue weighted by atomic mass is 16.7. The predicted octanol–water partition coefficient (Wildman–Crippen LogP) is 6.23. The van der Waals surface area contributed by atoms with E-state index in [0.29, 0.717) is 40.0 Å². The molecule has 1 unspecified atom stereocenters. The lowest BCUT2D eigenvalue weighted by Gasteiger charge is -2.39. The Kier molecular flexibility index (Phi) is 8.61. The minimum absolute atomic E-state index is 0.00367. The fourth-order valence-corrected chi connectivity index (χ4v) is 5.62. The molecule has 2 heterocycles. The van der Waals surface area contributed by atoms with Crippen LogP contribution >= 0.6 is 0 Å². The largest absolute Gasteiger partial charge is 0.463 e. The molecule has 1 fully saturated rings. The van der Waals surface area contributed by atoms with Gasteiger partial charge in [-0.15, -0.1) is 0 Å². The van der Waals surface area contributed by atoms with Gasteiger partial charge in [0.2, 0.25) is 13.1 Å². The van der Waals surface area contributed by atoms with Gasteiger partial charge in [0.15, 0.2) is 11.5 Å². The Labute approximate surface area is 245 Å². The van der Waals surface area contributed by atoms with Gasteiger partial charge >= 0.3 is 11.9 Å². The molecule has 0 N–H and O–H groups in total. The third-order valence-electron chi connectivity index (χ3n) is 8.30. The summed E-state index contributed by atoms with van der Waals surface area (Å²) in [6.07, 6.45) is -0.787. The SMILES string of the molecule is CCOC(=O)c1c(C(=O)OCC)c(-c2ccc3c(c2)OCO3)c2cc(C)c(C)cc2c1OC1OC[C@@H](OC)[C@H](C)[C@H]1C. The molecule has 3 aromatic carbocycles. The lowest BCUT2D eigenvalue weighted by molar-refractivity contribution is -0.198. The molecular formula is C33H38O9. The van der Waals surface area contributed by atoms with E-state index in [9.17, 15) is 9.59 Å². The van der Waals surface area contributed by atoms with E-state index >= 15 is 0 Å². The minimum atomic E-state index is -0.698. The summed E-state index contributed by atoms with van der Waals surface area (Å²) in [4.78, 5) is 27.7. The van der Waals surface area contributed by atoms with Crippen LogP contribution in [0.15, 0.2) is 30.3 Å². The van der Waals surface area contributed by atoms with E-state index in [1.165, 1.54) is 0 Å². The van der Waals surface area contributed by atoms with Crippen molar-refractivity contribution < 1.29 is 42.7 Å². The van der Waals surface area contributed by atoms with Gasteiger partial charge in [0, 0.05) is 24.0 Å². The van der Waals surface area contributed by atoms with Crippen molar-refractivity contribution in [2.75, 3.05) is 33.7 Å². The van der Waals surface area contributed by atoms with Gasteiger partial charge < -0.3 is 33.2 Å². The van der Waals surface area contributed by atoms with E-state index in [-0.39, 0.29) is 54.8 Å². The highest BCUT2D eigenvalue weighted by molar-refractivity contribution is 6.18. The number of hydrogen-bond donors (Lipinski definition) is 0. The Hall–Kier alpha value is -3.82. The van der Waals surface area contributed by atoms with Crippen LogP contribution in [0.2, 0.25) is 0 Å². The van der Waals surface area contributed by atoms with Crippen molar-refractivity contribution in [3.05, 3.63) is 52.6 Å². The van der Waals surface area contributed by atoms with Crippen LogP contribution in [-0.2, 0) is 18.9 Å². The lowest BCUT2D eigenvalue weighted by Crippen LogP contribution is -2.46. The van der Waals surface area contributed by atoms with Gasteiger partial charge in [-0.3, -0.25) is 0 Å². The molecule has 4 atom stereocenters. The third kappa shape index (κ3) is 5.27. The van der Waals surface area contributed by atoms with E-state index in [4.69, 9.17) is 33.2 Å². The van der Waals surface area contributed by atoms with Gasteiger partial charge in [-0.2, -0.15) is 0 Å². The van der Waals surface area contributed by atoms with Crippen LogP contribution < -0.4 is 14.2 Å². The fourth-order valence-electron chi connectivity index (χ4n) is 5.62. The van der Waals surface area contributed by atoms with E-state index < -0.39 is 18.2 Å². The van der Waals surface area contributed by atoms with Crippen molar-refractivity contribution in [1.29, 1.82) is 0 Å². The van der Waals surface area contributed by atoms with Gasteiger partial charge in [0.05, 0.1) is 31.5 Å². The average Bonchev–Trinajstić information content (AvgIpc) is 3.44. The molecule has 3 aromatic rings. The van der Waals surface area contributed by atoms with Crippen LogP contribution in [0, 0.1) is 25.7 Å². The smallest absolute Gasteiger partial charge is 0.342 e. The first-order valence-corrected chi connectivity index (χ1v) is 14.4. The first kappa shape index (κ1) is 29.7. The number of aryl methyl sites for hydroxylation is 2. The Morgan fingerprint density at radius 3 is 2.17 bits per heavy atom. The predicted molar refractivity (Wildman–Crippen MR) is 156 cm³/mol. The van der Waals surface area contributed by atoms with Crippen molar-refractivity contribution >= 4 is 22.7 Å². The molecule has 0 aliphatic carbocycles. The highest BCUT2D eigenvalue weighted by Gasteiger charge is 2.39. The van der Waals surface area contributed by atoms with Gasteiger partial charge in [-0.05, 0) is 73.9 Å². The molecule has 2 aliphatic heterocycles. The van der Waals surface area contributed by atoms with Crippen LogP contribution in [0.25, 0.3) is 21.9 Å². The number of rotatable bonds is 8. The van der Waals surface area contributed by atoms with E-state index in [0.717, 1.165) is 11.1 Å². The number of hydrogen-bond acceptors (Lipinski definition) is 9. The van der Waals surface area contributed by atoms with E-state index in [2.05, 4.69) is 6.92 Å². The van der Waals surface area contributed by atoms with Crippen LogP contribution in [0.3, 0.4) is 0 Å². The number of methoxy groups -OCH3 is 1. The number of carbonyl (C=O) groups excluding carboxylic acids is 2. The average molecular weight is 579 g/mol. The van der Waals surface area contributed by atoms with Crippen LogP contribution in [0.4, 0.5) is 0 Å². The summed E-state index contributed by atoms with van der Waals surface area (Å²) in [7, 11) is 1.66. The molecule has 2 aliphatic rings. The molecule has 0 radical (unpaired) electrons. The minimum Gasteiger partial charge on any atom is -0.463 e. The van der Waals surface area contributed by atoms with Crippen molar-refractivity contribution in [2.45, 2.75) is 53.9 Å². The Morgan fingerprint density at radius 2 is 1.50 bits per heavy atom. The molecular weight excluding hydrogens is 540 g/mol. The highest BCUT2D eigenvalue weighted by Crippen LogP contribution is 2.46. The zero-order valence-electron chi connectivity index (χ0n) is 25.2. The second-order valence-electron chi connectivity index (χ2n) is 10.8. The summed E-state index contributed by atoms with van der Waals surface area (Å²) in [6.45, 7) is 12.2. The Bertz CT molecular complexity index is 1510. The number of esters is 2. The Morgan fingerprint density at radius 1 is 0.857 bits per heavy atom. The Balaban J connectivity index is 1.84. The normalized spacial score (nSPS) is 21.3. The summed E-state index contributed by atoms with van der Waals surface area (Å²) < 4.78 is 40.7. The van der Waals surface area contributed by atoms with Crippen molar-refractivity contribution in [3.63, 3.8) is 0 Å². The first-order valence-electron chi connectivity index (χ1n) is 14.4. The summed E-state index contributed by atoms with van der Waals surface area (Å²) in [5.41, 5.74) is 3.24. The number of fused-ring (bicyclic) bond motifs is 2. The molecule has 0 amide bonds. The molecule has 224 valence electrons. The summed E-state index contributed by atoms with van der Waals surface area (Å²) in [6, 6.07) is 9.42. The quantitative estimate of drug-likeness (QED) is 0.288.